The van der Waals surface area contributed by atoms with Gasteiger partial charge >= 0.3 is 0 Å². The molecule has 1 aliphatic rings. The third-order valence-corrected chi connectivity index (χ3v) is 4.67. The molecule has 1 aliphatic heterocycles. The summed E-state index contributed by atoms with van der Waals surface area (Å²) in [6.45, 7) is 11.9. The van der Waals surface area contributed by atoms with E-state index >= 15 is 0 Å². The summed E-state index contributed by atoms with van der Waals surface area (Å²) in [4.78, 5) is 2.59. The van der Waals surface area contributed by atoms with Crippen LogP contribution in [0.25, 0.3) is 0 Å². The highest BCUT2D eigenvalue weighted by Crippen LogP contribution is 2.21. The molecule has 0 aliphatic carbocycles. The lowest BCUT2D eigenvalue weighted by Crippen LogP contribution is -2.57. The van der Waals surface area contributed by atoms with Crippen LogP contribution in [0.5, 0.6) is 0 Å². The van der Waals surface area contributed by atoms with Crippen LogP contribution in [0, 0.1) is 18.7 Å². The van der Waals surface area contributed by atoms with Gasteiger partial charge in [-0.1, -0.05) is 33.3 Å². The van der Waals surface area contributed by atoms with Gasteiger partial charge < -0.3 is 5.32 Å². The van der Waals surface area contributed by atoms with Crippen LogP contribution < -0.4 is 5.32 Å². The quantitative estimate of drug-likeness (QED) is 0.889. The van der Waals surface area contributed by atoms with E-state index in [4.69, 9.17) is 0 Å². The molecule has 0 spiro atoms. The number of nitrogens with zero attached hydrogens (tertiary/aromatic N) is 1. The summed E-state index contributed by atoms with van der Waals surface area (Å²) in [6, 6.07) is 6.32. The van der Waals surface area contributed by atoms with Gasteiger partial charge in [-0.25, -0.2) is 4.39 Å². The van der Waals surface area contributed by atoms with Gasteiger partial charge in [0.1, 0.15) is 5.82 Å². The Bertz CT molecular complexity index is 459. The molecule has 0 amide bonds. The molecule has 2 rings (SSSR count). The normalized spacial score (nSPS) is 23.7. The summed E-state index contributed by atoms with van der Waals surface area (Å²) in [6.07, 6.45) is 2.43. The van der Waals surface area contributed by atoms with Gasteiger partial charge in [0.2, 0.25) is 0 Å². The van der Waals surface area contributed by atoms with E-state index < -0.39 is 0 Å². The first-order valence-corrected chi connectivity index (χ1v) is 8.23. The average Bonchev–Trinajstić information content (AvgIpc) is 2.43. The van der Waals surface area contributed by atoms with Gasteiger partial charge in [0.05, 0.1) is 0 Å². The molecular formula is C18H29FN2. The molecule has 1 aromatic carbocycles. The Kier molecular flexibility index (Phi) is 5.77. The predicted molar refractivity (Wildman–Crippen MR) is 86.9 cm³/mol. The van der Waals surface area contributed by atoms with Gasteiger partial charge in [0.15, 0.2) is 0 Å². The summed E-state index contributed by atoms with van der Waals surface area (Å²) in [5.41, 5.74) is 2.31. The third kappa shape index (κ3) is 4.27. The van der Waals surface area contributed by atoms with E-state index in [-0.39, 0.29) is 5.82 Å². The Morgan fingerprint density at radius 2 is 2.14 bits per heavy atom. The van der Waals surface area contributed by atoms with Crippen molar-refractivity contribution >= 4 is 0 Å². The third-order valence-electron chi connectivity index (χ3n) is 4.67. The van der Waals surface area contributed by atoms with Crippen LogP contribution in [0.4, 0.5) is 4.39 Å². The maximum absolute atomic E-state index is 13.3. The molecule has 0 aromatic heterocycles. The second-order valence-corrected chi connectivity index (χ2v) is 6.70. The van der Waals surface area contributed by atoms with Gasteiger partial charge in [0.25, 0.3) is 0 Å². The number of hydrogen-bond acceptors (Lipinski definition) is 2. The lowest BCUT2D eigenvalue weighted by Gasteiger charge is -2.42. The maximum Gasteiger partial charge on any atom is 0.123 e. The Morgan fingerprint density at radius 3 is 2.76 bits per heavy atom. The number of aryl methyl sites for hydroxylation is 1. The Morgan fingerprint density at radius 1 is 1.38 bits per heavy atom. The monoisotopic (exact) mass is 292 g/mol. The highest BCUT2D eigenvalue weighted by atomic mass is 19.1. The molecule has 1 heterocycles. The Balaban J connectivity index is 2.11. The van der Waals surface area contributed by atoms with Crippen molar-refractivity contribution in [2.45, 2.75) is 59.2 Å². The first-order chi connectivity index (χ1) is 10.0. The SMILES string of the molecule is CCCC1CNC(C(C)C)CN1Cc1ccc(F)cc1C. The van der Waals surface area contributed by atoms with Crippen LogP contribution in [-0.2, 0) is 6.54 Å². The molecule has 118 valence electrons. The summed E-state index contributed by atoms with van der Waals surface area (Å²) >= 11 is 0. The topological polar surface area (TPSA) is 15.3 Å². The molecule has 1 aromatic rings. The zero-order chi connectivity index (χ0) is 15.4. The zero-order valence-electron chi connectivity index (χ0n) is 13.8. The van der Waals surface area contributed by atoms with Crippen LogP contribution in [-0.4, -0.2) is 30.1 Å². The zero-order valence-corrected chi connectivity index (χ0v) is 13.8. The Hall–Kier alpha value is -0.930. The first kappa shape index (κ1) is 16.4. The van der Waals surface area contributed by atoms with E-state index in [9.17, 15) is 4.39 Å². The summed E-state index contributed by atoms with van der Waals surface area (Å²) < 4.78 is 13.3. The predicted octanol–water partition coefficient (Wildman–Crippen LogP) is 3.73. The van der Waals surface area contributed by atoms with Crippen molar-refractivity contribution in [3.63, 3.8) is 0 Å². The summed E-state index contributed by atoms with van der Waals surface area (Å²) in [5, 5.41) is 3.69. The average molecular weight is 292 g/mol. The molecule has 1 saturated heterocycles. The molecular weight excluding hydrogens is 263 g/mol. The van der Waals surface area contributed by atoms with E-state index in [1.807, 2.05) is 13.0 Å². The number of benzene rings is 1. The van der Waals surface area contributed by atoms with Crippen LogP contribution >= 0.6 is 0 Å². The first-order valence-electron chi connectivity index (χ1n) is 8.23. The van der Waals surface area contributed by atoms with Crippen molar-refractivity contribution in [3.8, 4) is 0 Å². The van der Waals surface area contributed by atoms with Gasteiger partial charge in [-0.05, 0) is 42.5 Å². The fourth-order valence-electron chi connectivity index (χ4n) is 3.20. The van der Waals surface area contributed by atoms with Crippen LogP contribution in [0.1, 0.15) is 44.7 Å². The van der Waals surface area contributed by atoms with Crippen molar-refractivity contribution in [1.29, 1.82) is 0 Å². The van der Waals surface area contributed by atoms with Gasteiger partial charge in [-0.3, -0.25) is 4.90 Å². The molecule has 3 heteroatoms. The second kappa shape index (κ2) is 7.37. The fourth-order valence-corrected chi connectivity index (χ4v) is 3.20. The molecule has 1 N–H and O–H groups in total. The van der Waals surface area contributed by atoms with Crippen LogP contribution in [0.2, 0.25) is 0 Å². The Labute approximate surface area is 128 Å². The van der Waals surface area contributed by atoms with E-state index in [1.165, 1.54) is 18.4 Å². The number of hydrogen-bond donors (Lipinski definition) is 1. The van der Waals surface area contributed by atoms with Gasteiger partial charge in [-0.2, -0.15) is 0 Å². The number of nitrogens with one attached hydrogen (secondary N) is 1. The van der Waals surface area contributed by atoms with Crippen molar-refractivity contribution in [2.24, 2.45) is 5.92 Å². The number of rotatable bonds is 5. The van der Waals surface area contributed by atoms with Crippen LogP contribution in [0.3, 0.4) is 0 Å². The molecule has 2 atom stereocenters. The smallest absolute Gasteiger partial charge is 0.123 e. The minimum atomic E-state index is -0.137. The highest BCUT2D eigenvalue weighted by molar-refractivity contribution is 5.26. The maximum atomic E-state index is 13.3. The molecule has 21 heavy (non-hydrogen) atoms. The largest absolute Gasteiger partial charge is 0.311 e. The van der Waals surface area contributed by atoms with E-state index in [0.29, 0.717) is 18.0 Å². The van der Waals surface area contributed by atoms with Crippen molar-refractivity contribution in [2.75, 3.05) is 13.1 Å². The summed E-state index contributed by atoms with van der Waals surface area (Å²) in [5.74, 6) is 0.506. The van der Waals surface area contributed by atoms with Crippen molar-refractivity contribution in [1.82, 2.24) is 10.2 Å². The molecule has 0 bridgehead atoms. The summed E-state index contributed by atoms with van der Waals surface area (Å²) in [7, 11) is 0. The van der Waals surface area contributed by atoms with Gasteiger partial charge in [0, 0.05) is 31.7 Å². The second-order valence-electron chi connectivity index (χ2n) is 6.70. The molecule has 0 radical (unpaired) electrons. The molecule has 1 fully saturated rings. The van der Waals surface area contributed by atoms with Crippen molar-refractivity contribution in [3.05, 3.63) is 35.1 Å². The van der Waals surface area contributed by atoms with E-state index in [1.54, 1.807) is 12.1 Å². The fraction of sp³-hybridized carbons (Fsp3) is 0.667. The van der Waals surface area contributed by atoms with E-state index in [2.05, 4.69) is 31.0 Å². The molecule has 2 unspecified atom stereocenters. The lowest BCUT2D eigenvalue weighted by atomic mass is 9.96. The minimum Gasteiger partial charge on any atom is -0.311 e. The minimum absolute atomic E-state index is 0.137. The van der Waals surface area contributed by atoms with Crippen LogP contribution in [0.15, 0.2) is 18.2 Å². The number of piperazine rings is 1. The molecule has 2 nitrogen and oxygen atoms in total. The van der Waals surface area contributed by atoms with Gasteiger partial charge in [-0.15, -0.1) is 0 Å². The standard InChI is InChI=1S/C18H29FN2/c1-5-6-17-10-20-18(13(2)3)12-21(17)11-15-7-8-16(19)9-14(15)4/h7-9,13,17-18,20H,5-6,10-12H2,1-4H3. The molecule has 0 saturated carbocycles. The number of halogens is 1. The highest BCUT2D eigenvalue weighted by Gasteiger charge is 2.28. The van der Waals surface area contributed by atoms with E-state index in [0.717, 1.165) is 25.2 Å². The lowest BCUT2D eigenvalue weighted by molar-refractivity contribution is 0.0995. The van der Waals surface area contributed by atoms with Crippen molar-refractivity contribution < 1.29 is 4.39 Å².